The molecule has 0 saturated heterocycles. The molecule has 5 heteroatoms. The van der Waals surface area contributed by atoms with Gasteiger partial charge in [-0.05, 0) is 110 Å². The number of benzene rings is 3. The van der Waals surface area contributed by atoms with Gasteiger partial charge in [-0.1, -0.05) is 41.9 Å². The van der Waals surface area contributed by atoms with Gasteiger partial charge >= 0.3 is 0 Å². The lowest BCUT2D eigenvalue weighted by Gasteiger charge is -2.53. The number of rotatable bonds is 5. The number of pyridine rings is 1. The lowest BCUT2D eigenvalue weighted by molar-refractivity contribution is 0.0127. The smallest absolute Gasteiger partial charge is 0.254 e. The lowest BCUT2D eigenvalue weighted by Crippen LogP contribution is -2.47. The highest BCUT2D eigenvalue weighted by Gasteiger charge is 2.47. The van der Waals surface area contributed by atoms with Crippen molar-refractivity contribution in [3.8, 4) is 0 Å². The predicted molar refractivity (Wildman–Crippen MR) is 146 cm³/mol. The summed E-state index contributed by atoms with van der Waals surface area (Å²) < 4.78 is 14.0. The molecule has 1 spiro atoms. The number of hydrogen-bond donors (Lipinski definition) is 0. The molecule has 1 aromatic heterocycles. The summed E-state index contributed by atoms with van der Waals surface area (Å²) in [6.07, 6.45) is 8.34. The SMILES string of the molecule is O=C(c1ccc(Cl)cc1)N(Cc1ccccc1)C1CCC2(CC1)CC(c1ccnc3ccc(F)cc13)C2. The Kier molecular flexibility index (Phi) is 6.46. The van der Waals surface area contributed by atoms with E-state index < -0.39 is 0 Å². The fourth-order valence-corrected chi connectivity index (χ4v) is 6.67. The topological polar surface area (TPSA) is 33.2 Å². The van der Waals surface area contributed by atoms with Gasteiger partial charge in [0.1, 0.15) is 5.82 Å². The summed E-state index contributed by atoms with van der Waals surface area (Å²) in [6, 6.07) is 24.6. The second kappa shape index (κ2) is 9.90. The summed E-state index contributed by atoms with van der Waals surface area (Å²) in [5.74, 6) is 0.304. The first-order chi connectivity index (χ1) is 18.0. The van der Waals surface area contributed by atoms with E-state index in [1.165, 1.54) is 11.6 Å². The molecule has 1 heterocycles. The number of carbonyl (C=O) groups excluding carboxylic acids is 1. The molecule has 0 radical (unpaired) electrons. The molecule has 2 fully saturated rings. The number of hydrogen-bond acceptors (Lipinski definition) is 2. The Morgan fingerprint density at radius 3 is 2.43 bits per heavy atom. The van der Waals surface area contributed by atoms with Crippen LogP contribution in [-0.2, 0) is 6.54 Å². The Hall–Kier alpha value is -3.24. The van der Waals surface area contributed by atoms with Crippen molar-refractivity contribution < 1.29 is 9.18 Å². The molecular formula is C32H30ClFN2O. The van der Waals surface area contributed by atoms with Crippen LogP contribution >= 0.6 is 11.6 Å². The highest BCUT2D eigenvalue weighted by atomic mass is 35.5. The van der Waals surface area contributed by atoms with Gasteiger partial charge < -0.3 is 4.90 Å². The van der Waals surface area contributed by atoms with Gasteiger partial charge in [-0.2, -0.15) is 0 Å². The minimum absolute atomic E-state index is 0.0678. The fourth-order valence-electron chi connectivity index (χ4n) is 6.54. The first-order valence-electron chi connectivity index (χ1n) is 13.1. The second-order valence-corrected chi connectivity index (χ2v) is 11.3. The molecule has 188 valence electrons. The van der Waals surface area contributed by atoms with E-state index in [0.717, 1.165) is 55.0 Å². The molecule has 0 aliphatic heterocycles. The van der Waals surface area contributed by atoms with Gasteiger partial charge in [0.2, 0.25) is 0 Å². The lowest BCUT2D eigenvalue weighted by atomic mass is 9.53. The Morgan fingerprint density at radius 1 is 0.973 bits per heavy atom. The van der Waals surface area contributed by atoms with Crippen LogP contribution in [0, 0.1) is 11.2 Å². The Labute approximate surface area is 222 Å². The maximum atomic E-state index is 14.0. The second-order valence-electron chi connectivity index (χ2n) is 10.8. The van der Waals surface area contributed by atoms with Gasteiger partial charge in [0.25, 0.3) is 5.91 Å². The van der Waals surface area contributed by atoms with Gasteiger partial charge in [-0.25, -0.2) is 4.39 Å². The Bertz CT molecular complexity index is 1410. The number of nitrogens with zero attached hydrogens (tertiary/aromatic N) is 2. The maximum Gasteiger partial charge on any atom is 0.254 e. The number of carbonyl (C=O) groups is 1. The molecule has 3 aromatic carbocycles. The molecule has 37 heavy (non-hydrogen) atoms. The van der Waals surface area contributed by atoms with Crippen LogP contribution in [0.3, 0.4) is 0 Å². The molecule has 0 bridgehead atoms. The zero-order valence-corrected chi connectivity index (χ0v) is 21.5. The summed E-state index contributed by atoms with van der Waals surface area (Å²) >= 11 is 6.08. The maximum absolute atomic E-state index is 14.0. The van der Waals surface area contributed by atoms with Gasteiger partial charge in [0, 0.05) is 34.8 Å². The molecule has 0 atom stereocenters. The van der Waals surface area contributed by atoms with Crippen molar-refractivity contribution in [1.82, 2.24) is 9.88 Å². The average Bonchev–Trinajstić information content (AvgIpc) is 2.91. The summed E-state index contributed by atoms with van der Waals surface area (Å²) in [5, 5.41) is 1.58. The summed E-state index contributed by atoms with van der Waals surface area (Å²) in [6.45, 7) is 0.608. The summed E-state index contributed by atoms with van der Waals surface area (Å²) in [4.78, 5) is 20.1. The largest absolute Gasteiger partial charge is 0.331 e. The van der Waals surface area contributed by atoms with E-state index in [1.54, 1.807) is 24.3 Å². The molecule has 2 saturated carbocycles. The number of aromatic nitrogens is 1. The van der Waals surface area contributed by atoms with Crippen LogP contribution in [-0.4, -0.2) is 21.8 Å². The van der Waals surface area contributed by atoms with Crippen molar-refractivity contribution in [3.63, 3.8) is 0 Å². The van der Waals surface area contributed by atoms with Crippen LogP contribution in [0.4, 0.5) is 4.39 Å². The van der Waals surface area contributed by atoms with Gasteiger partial charge in [0.15, 0.2) is 0 Å². The third-order valence-electron chi connectivity index (χ3n) is 8.54. The first kappa shape index (κ1) is 24.1. The van der Waals surface area contributed by atoms with E-state index in [2.05, 4.69) is 28.1 Å². The molecule has 2 aliphatic rings. The van der Waals surface area contributed by atoms with Crippen LogP contribution in [0.1, 0.15) is 65.9 Å². The molecule has 0 unspecified atom stereocenters. The number of amides is 1. The van der Waals surface area contributed by atoms with Crippen LogP contribution in [0.25, 0.3) is 10.9 Å². The highest BCUT2D eigenvalue weighted by molar-refractivity contribution is 6.30. The van der Waals surface area contributed by atoms with Crippen molar-refractivity contribution in [2.75, 3.05) is 0 Å². The molecule has 0 N–H and O–H groups in total. The zero-order valence-electron chi connectivity index (χ0n) is 20.7. The standard InChI is InChI=1S/C32H30ClFN2O/c33-25-8-6-23(7-9-25)31(37)36(21-22-4-2-1-3-5-22)27-12-15-32(16-13-27)19-24(20-32)28-14-17-35-30-11-10-26(34)18-29(28)30/h1-11,14,17-18,24,27H,12-13,15-16,19-21H2. The van der Waals surface area contributed by atoms with E-state index >= 15 is 0 Å². The minimum atomic E-state index is -0.208. The van der Waals surface area contributed by atoms with E-state index in [0.29, 0.717) is 28.5 Å². The van der Waals surface area contributed by atoms with Gasteiger partial charge in [-0.3, -0.25) is 9.78 Å². The van der Waals surface area contributed by atoms with Crippen molar-refractivity contribution in [3.05, 3.63) is 113 Å². The molecule has 1 amide bonds. The van der Waals surface area contributed by atoms with Crippen molar-refractivity contribution >= 4 is 28.4 Å². The van der Waals surface area contributed by atoms with Crippen LogP contribution < -0.4 is 0 Å². The van der Waals surface area contributed by atoms with E-state index in [1.807, 2.05) is 36.5 Å². The quantitative estimate of drug-likeness (QED) is 0.270. The van der Waals surface area contributed by atoms with Gasteiger partial charge in [0.05, 0.1) is 5.52 Å². The highest BCUT2D eigenvalue weighted by Crippen LogP contribution is 2.59. The van der Waals surface area contributed by atoms with E-state index in [9.17, 15) is 9.18 Å². The normalized spacial score (nSPS) is 23.1. The molecule has 6 rings (SSSR count). The monoisotopic (exact) mass is 512 g/mol. The average molecular weight is 513 g/mol. The molecule has 2 aliphatic carbocycles. The van der Waals surface area contributed by atoms with Crippen molar-refractivity contribution in [1.29, 1.82) is 0 Å². The zero-order chi connectivity index (χ0) is 25.4. The van der Waals surface area contributed by atoms with Crippen LogP contribution in [0.2, 0.25) is 5.02 Å². The summed E-state index contributed by atoms with van der Waals surface area (Å²) in [7, 11) is 0. The number of fused-ring (bicyclic) bond motifs is 1. The first-order valence-corrected chi connectivity index (χ1v) is 13.5. The van der Waals surface area contributed by atoms with Crippen LogP contribution in [0.5, 0.6) is 0 Å². The molecular weight excluding hydrogens is 483 g/mol. The molecule has 4 aromatic rings. The third kappa shape index (κ3) is 4.87. The van der Waals surface area contributed by atoms with E-state index in [-0.39, 0.29) is 17.8 Å². The fraction of sp³-hybridized carbons (Fsp3) is 0.312. The Morgan fingerprint density at radius 2 is 1.70 bits per heavy atom. The van der Waals surface area contributed by atoms with Crippen LogP contribution in [0.15, 0.2) is 85.1 Å². The van der Waals surface area contributed by atoms with Crippen molar-refractivity contribution in [2.24, 2.45) is 5.41 Å². The third-order valence-corrected chi connectivity index (χ3v) is 8.79. The van der Waals surface area contributed by atoms with Crippen molar-refractivity contribution in [2.45, 2.75) is 57.0 Å². The van der Waals surface area contributed by atoms with E-state index in [4.69, 9.17) is 11.6 Å². The van der Waals surface area contributed by atoms with Gasteiger partial charge in [-0.15, -0.1) is 0 Å². The number of halogens is 2. The minimum Gasteiger partial charge on any atom is -0.331 e. The predicted octanol–water partition coefficient (Wildman–Crippen LogP) is 8.18. The Balaban J connectivity index is 1.17. The molecule has 3 nitrogen and oxygen atoms in total. The summed E-state index contributed by atoms with van der Waals surface area (Å²) in [5.41, 5.74) is 4.24.